The lowest BCUT2D eigenvalue weighted by Gasteiger charge is -2.38. The number of aliphatic hydroxyl groups excluding tert-OH is 1. The third-order valence-corrected chi connectivity index (χ3v) is 5.58. The average molecular weight is 396 g/mol. The van der Waals surface area contributed by atoms with E-state index in [2.05, 4.69) is 43.0 Å². The summed E-state index contributed by atoms with van der Waals surface area (Å²) in [6, 6.07) is 20.3. The second-order valence-electron chi connectivity index (χ2n) is 9.57. The number of carbonyl (C=O) groups is 1. The predicted octanol–water partition coefficient (Wildman–Crippen LogP) is 5.33. The first-order valence-electron chi connectivity index (χ1n) is 10.6. The van der Waals surface area contributed by atoms with Crippen LogP contribution >= 0.6 is 0 Å². The van der Waals surface area contributed by atoms with Crippen molar-refractivity contribution in [2.45, 2.75) is 66.8 Å². The Morgan fingerprint density at radius 2 is 1.28 bits per heavy atom. The van der Waals surface area contributed by atoms with Crippen LogP contribution in [0.1, 0.15) is 52.7 Å². The Balaban J connectivity index is 2.35. The van der Waals surface area contributed by atoms with Crippen molar-refractivity contribution in [3.8, 4) is 0 Å². The van der Waals surface area contributed by atoms with Crippen molar-refractivity contribution >= 4 is 5.78 Å². The van der Waals surface area contributed by atoms with Crippen LogP contribution in [0.25, 0.3) is 0 Å². The lowest BCUT2D eigenvalue weighted by Crippen LogP contribution is -2.49. The van der Waals surface area contributed by atoms with Gasteiger partial charge in [0.05, 0.1) is 12.1 Å². The number of hydrogen-bond acceptors (Lipinski definition) is 3. The molecule has 0 unspecified atom stereocenters. The number of aliphatic hydroxyl groups is 1. The minimum atomic E-state index is -0.674. The molecule has 0 heterocycles. The third-order valence-electron chi connectivity index (χ3n) is 5.58. The van der Waals surface area contributed by atoms with Crippen molar-refractivity contribution in [3.05, 3.63) is 71.8 Å². The van der Waals surface area contributed by atoms with Gasteiger partial charge in [0.1, 0.15) is 0 Å². The number of ketones is 1. The summed E-state index contributed by atoms with van der Waals surface area (Å²) in [5.41, 5.74) is 2.04. The zero-order valence-corrected chi connectivity index (χ0v) is 18.8. The first-order chi connectivity index (χ1) is 13.6. The van der Waals surface area contributed by atoms with Gasteiger partial charge in [-0.15, -0.1) is 0 Å². The fourth-order valence-corrected chi connectivity index (χ4v) is 3.99. The average Bonchev–Trinajstić information content (AvgIpc) is 2.67. The fourth-order valence-electron chi connectivity index (χ4n) is 3.99. The molecule has 3 atom stereocenters. The van der Waals surface area contributed by atoms with Gasteiger partial charge in [-0.3, -0.25) is 9.69 Å². The van der Waals surface area contributed by atoms with Crippen LogP contribution < -0.4 is 0 Å². The summed E-state index contributed by atoms with van der Waals surface area (Å²) < 4.78 is 0. The minimum Gasteiger partial charge on any atom is -0.392 e. The van der Waals surface area contributed by atoms with Crippen LogP contribution in [-0.2, 0) is 17.9 Å². The topological polar surface area (TPSA) is 40.5 Å². The Morgan fingerprint density at radius 1 is 0.862 bits per heavy atom. The van der Waals surface area contributed by atoms with Gasteiger partial charge >= 0.3 is 0 Å². The molecule has 0 aromatic heterocycles. The summed E-state index contributed by atoms with van der Waals surface area (Å²) in [6.45, 7) is 13.4. The molecule has 0 radical (unpaired) electrons. The van der Waals surface area contributed by atoms with E-state index in [4.69, 9.17) is 0 Å². The monoisotopic (exact) mass is 395 g/mol. The molecule has 0 aliphatic rings. The molecule has 0 amide bonds. The van der Waals surface area contributed by atoms with Crippen molar-refractivity contribution in [3.63, 3.8) is 0 Å². The Labute approximate surface area is 176 Å². The lowest BCUT2D eigenvalue weighted by atomic mass is 9.77. The first-order valence-corrected chi connectivity index (χ1v) is 10.6. The molecule has 0 aliphatic carbocycles. The molecule has 2 rings (SSSR count). The molecule has 0 saturated heterocycles. The van der Waals surface area contributed by atoms with Crippen LogP contribution in [0.3, 0.4) is 0 Å². The molecule has 158 valence electrons. The van der Waals surface area contributed by atoms with Gasteiger partial charge < -0.3 is 5.11 Å². The van der Waals surface area contributed by atoms with Crippen molar-refractivity contribution < 1.29 is 9.90 Å². The number of nitrogens with zero attached hydrogens (tertiary/aromatic N) is 1. The molecule has 3 heteroatoms. The second kappa shape index (κ2) is 10.2. The van der Waals surface area contributed by atoms with E-state index in [0.717, 1.165) is 0 Å². The van der Waals surface area contributed by atoms with Gasteiger partial charge in [0.25, 0.3) is 0 Å². The highest BCUT2D eigenvalue weighted by Crippen LogP contribution is 2.29. The summed E-state index contributed by atoms with van der Waals surface area (Å²) >= 11 is 0. The van der Waals surface area contributed by atoms with Crippen LogP contribution in [0.4, 0.5) is 0 Å². The predicted molar refractivity (Wildman–Crippen MR) is 120 cm³/mol. The highest BCUT2D eigenvalue weighted by atomic mass is 16.3. The number of rotatable bonds is 9. The van der Waals surface area contributed by atoms with Gasteiger partial charge in [-0.05, 0) is 22.5 Å². The third kappa shape index (κ3) is 6.52. The smallest absolute Gasteiger partial charge is 0.155 e. The molecule has 0 aliphatic heterocycles. The van der Waals surface area contributed by atoms with Gasteiger partial charge in [-0.1, -0.05) is 102 Å². The quantitative estimate of drug-likeness (QED) is 0.624. The van der Waals surface area contributed by atoms with E-state index in [9.17, 15) is 9.90 Å². The standard InChI is InChI=1S/C26H37NO2/c1-19(2)23(24(28)20(3)25(29)26(4,5)6)27(17-21-13-9-7-10-14-21)18-22-15-11-8-12-16-22/h7-16,19-20,23,25,29H,17-18H2,1-6H3/t20-,23-,25-/m0/s1. The van der Waals surface area contributed by atoms with Crippen molar-refractivity contribution in [1.29, 1.82) is 0 Å². The Bertz CT molecular complexity index is 708. The lowest BCUT2D eigenvalue weighted by molar-refractivity contribution is -0.136. The summed E-state index contributed by atoms with van der Waals surface area (Å²) in [6.07, 6.45) is -0.674. The van der Waals surface area contributed by atoms with Crippen LogP contribution in [-0.4, -0.2) is 27.9 Å². The molecule has 0 fully saturated rings. The van der Waals surface area contributed by atoms with Crippen molar-refractivity contribution in [2.75, 3.05) is 0 Å². The maximum absolute atomic E-state index is 13.6. The Kier molecular flexibility index (Phi) is 8.18. The molecule has 0 saturated carbocycles. The summed E-state index contributed by atoms with van der Waals surface area (Å²) in [4.78, 5) is 15.9. The summed E-state index contributed by atoms with van der Waals surface area (Å²) in [5, 5.41) is 10.8. The summed E-state index contributed by atoms with van der Waals surface area (Å²) in [5.74, 6) is -0.157. The molecule has 0 spiro atoms. The van der Waals surface area contributed by atoms with Crippen molar-refractivity contribution in [1.82, 2.24) is 4.90 Å². The van der Waals surface area contributed by atoms with E-state index in [1.807, 2.05) is 64.1 Å². The summed E-state index contributed by atoms with van der Waals surface area (Å²) in [7, 11) is 0. The highest BCUT2D eigenvalue weighted by Gasteiger charge is 2.38. The number of hydrogen-bond donors (Lipinski definition) is 1. The number of benzene rings is 2. The van der Waals surface area contributed by atoms with Crippen LogP contribution in [0.2, 0.25) is 0 Å². The van der Waals surface area contributed by atoms with Gasteiger partial charge in [-0.25, -0.2) is 0 Å². The number of carbonyl (C=O) groups excluding carboxylic acids is 1. The molecular formula is C26H37NO2. The zero-order valence-electron chi connectivity index (χ0n) is 18.8. The molecular weight excluding hydrogens is 358 g/mol. The highest BCUT2D eigenvalue weighted by molar-refractivity contribution is 5.86. The van der Waals surface area contributed by atoms with Gasteiger partial charge in [-0.2, -0.15) is 0 Å². The molecule has 2 aromatic rings. The molecule has 0 bridgehead atoms. The molecule has 29 heavy (non-hydrogen) atoms. The van der Waals surface area contributed by atoms with Crippen LogP contribution in [0.15, 0.2) is 60.7 Å². The first kappa shape index (κ1) is 23.3. The fraction of sp³-hybridized carbons (Fsp3) is 0.500. The maximum Gasteiger partial charge on any atom is 0.155 e. The molecule has 1 N–H and O–H groups in total. The van der Waals surface area contributed by atoms with Gasteiger partial charge in [0.2, 0.25) is 0 Å². The second-order valence-corrected chi connectivity index (χ2v) is 9.57. The van der Waals surface area contributed by atoms with E-state index >= 15 is 0 Å². The normalized spacial score (nSPS) is 15.3. The van der Waals surface area contributed by atoms with E-state index in [-0.39, 0.29) is 23.2 Å². The zero-order chi connectivity index (χ0) is 21.6. The molecule has 2 aromatic carbocycles. The van der Waals surface area contributed by atoms with E-state index in [0.29, 0.717) is 13.1 Å². The van der Waals surface area contributed by atoms with Crippen molar-refractivity contribution in [2.24, 2.45) is 17.3 Å². The van der Waals surface area contributed by atoms with E-state index in [1.54, 1.807) is 0 Å². The largest absolute Gasteiger partial charge is 0.392 e. The number of Topliss-reactive ketones (excluding diaryl/α,β-unsaturated/α-hetero) is 1. The SMILES string of the molecule is CC(C)[C@@H](C(=O)[C@H](C)[C@H](O)C(C)(C)C)N(Cc1ccccc1)Cc1ccccc1. The Hall–Kier alpha value is -1.97. The maximum atomic E-state index is 13.6. The minimum absolute atomic E-state index is 0.120. The van der Waals surface area contributed by atoms with Gasteiger partial charge in [0, 0.05) is 19.0 Å². The molecule has 3 nitrogen and oxygen atoms in total. The van der Waals surface area contributed by atoms with Crippen LogP contribution in [0.5, 0.6) is 0 Å². The van der Waals surface area contributed by atoms with E-state index in [1.165, 1.54) is 11.1 Å². The van der Waals surface area contributed by atoms with Crippen LogP contribution in [0, 0.1) is 17.3 Å². The van der Waals surface area contributed by atoms with E-state index < -0.39 is 12.0 Å². The Morgan fingerprint density at radius 3 is 1.62 bits per heavy atom. The van der Waals surface area contributed by atoms with Gasteiger partial charge in [0.15, 0.2) is 5.78 Å².